The average molecular weight is 374 g/mol. The molecule has 0 aliphatic heterocycles. The van der Waals surface area contributed by atoms with Crippen molar-refractivity contribution < 1.29 is 9.59 Å². The van der Waals surface area contributed by atoms with E-state index in [4.69, 9.17) is 0 Å². The smallest absolute Gasteiger partial charge is 0.276 e. The maximum Gasteiger partial charge on any atom is 0.276 e. The zero-order valence-electron chi connectivity index (χ0n) is 15.3. The molecule has 1 N–H and O–H groups in total. The molecular weight excluding hydrogens is 356 g/mol. The number of anilines is 1. The molecule has 0 unspecified atom stereocenters. The molecule has 0 aliphatic rings. The Morgan fingerprint density at radius 2 is 1.79 bits per heavy atom. The van der Waals surface area contributed by atoms with Crippen molar-refractivity contribution in [1.29, 1.82) is 0 Å². The Hall–Kier alpha value is -3.74. The number of fused-ring (bicyclic) bond motifs is 3. The molecule has 140 valence electrons. The molecule has 3 aromatic heterocycles. The van der Waals surface area contributed by atoms with Crippen molar-refractivity contribution in [1.82, 2.24) is 14.0 Å². The summed E-state index contributed by atoms with van der Waals surface area (Å²) in [6.07, 6.45) is 3.57. The minimum atomic E-state index is -0.221. The van der Waals surface area contributed by atoms with Crippen LogP contribution in [0, 0.1) is 0 Å². The highest BCUT2D eigenvalue weighted by atomic mass is 16.2. The fraction of sp³-hybridized carbons (Fsp3) is 0.143. The van der Waals surface area contributed by atoms with E-state index in [1.807, 2.05) is 24.4 Å². The van der Waals surface area contributed by atoms with Crippen LogP contribution < -0.4 is 10.9 Å². The monoisotopic (exact) mass is 374 g/mol. The molecule has 0 saturated heterocycles. The number of nitrogens with zero attached hydrogens (tertiary/aromatic N) is 3. The van der Waals surface area contributed by atoms with Gasteiger partial charge >= 0.3 is 0 Å². The minimum Gasteiger partial charge on any atom is -0.326 e. The first-order valence-electron chi connectivity index (χ1n) is 8.90. The lowest BCUT2D eigenvalue weighted by atomic mass is 10.1. The van der Waals surface area contributed by atoms with Crippen LogP contribution in [-0.2, 0) is 11.3 Å². The standard InChI is InChI=1S/C21H18N4O3/c1-14(26)15-6-8-16(9-7-15)23-19(27)10-13-25-20-17(4-2-11-22-20)24-12-3-5-18(24)21(25)28/h2-9,11-12H,10,13H2,1H3,(H,23,27). The van der Waals surface area contributed by atoms with Gasteiger partial charge in [-0.3, -0.25) is 19.0 Å². The molecule has 0 atom stereocenters. The Morgan fingerprint density at radius 1 is 1.04 bits per heavy atom. The van der Waals surface area contributed by atoms with Crippen LogP contribution in [0.1, 0.15) is 23.7 Å². The van der Waals surface area contributed by atoms with Gasteiger partial charge < -0.3 is 9.72 Å². The predicted octanol–water partition coefficient (Wildman–Crippen LogP) is 2.88. The summed E-state index contributed by atoms with van der Waals surface area (Å²) in [5.41, 5.74) is 2.89. The maximum atomic E-state index is 12.8. The lowest BCUT2D eigenvalue weighted by Gasteiger charge is -2.12. The van der Waals surface area contributed by atoms with Crippen LogP contribution >= 0.6 is 0 Å². The molecule has 7 nitrogen and oxygen atoms in total. The SMILES string of the molecule is CC(=O)c1ccc(NC(=O)CCn2c(=O)c3cccn3c3cccnc32)cc1. The van der Waals surface area contributed by atoms with Crippen molar-refractivity contribution in [3.8, 4) is 0 Å². The fourth-order valence-electron chi connectivity index (χ4n) is 3.22. The third kappa shape index (κ3) is 3.18. The van der Waals surface area contributed by atoms with Crippen LogP contribution in [0.4, 0.5) is 5.69 Å². The number of hydrogen-bond acceptors (Lipinski definition) is 4. The number of aryl methyl sites for hydroxylation is 1. The predicted molar refractivity (Wildman–Crippen MR) is 107 cm³/mol. The van der Waals surface area contributed by atoms with Crippen molar-refractivity contribution in [2.24, 2.45) is 0 Å². The Morgan fingerprint density at radius 3 is 2.54 bits per heavy atom. The largest absolute Gasteiger partial charge is 0.326 e. The Balaban J connectivity index is 1.56. The van der Waals surface area contributed by atoms with Gasteiger partial charge in [-0.25, -0.2) is 4.98 Å². The van der Waals surface area contributed by atoms with E-state index in [9.17, 15) is 14.4 Å². The lowest BCUT2D eigenvalue weighted by molar-refractivity contribution is -0.116. The number of amides is 1. The zero-order valence-corrected chi connectivity index (χ0v) is 15.3. The summed E-state index contributed by atoms with van der Waals surface area (Å²) < 4.78 is 3.33. The number of nitrogens with one attached hydrogen (secondary N) is 1. The molecule has 3 heterocycles. The molecule has 0 radical (unpaired) electrons. The zero-order chi connectivity index (χ0) is 19.7. The summed E-state index contributed by atoms with van der Waals surface area (Å²) in [5.74, 6) is -0.251. The van der Waals surface area contributed by atoms with Crippen LogP contribution in [0.25, 0.3) is 16.7 Å². The molecule has 0 fully saturated rings. The number of ketones is 1. The van der Waals surface area contributed by atoms with Gasteiger partial charge in [-0.15, -0.1) is 0 Å². The van der Waals surface area contributed by atoms with E-state index in [1.165, 1.54) is 11.5 Å². The molecule has 0 saturated carbocycles. The number of rotatable bonds is 5. The van der Waals surface area contributed by atoms with E-state index < -0.39 is 0 Å². The van der Waals surface area contributed by atoms with Gasteiger partial charge in [0.15, 0.2) is 11.4 Å². The van der Waals surface area contributed by atoms with Crippen molar-refractivity contribution in [3.63, 3.8) is 0 Å². The first-order valence-corrected chi connectivity index (χ1v) is 8.90. The molecular formula is C21H18N4O3. The Bertz CT molecular complexity index is 1250. The molecule has 7 heteroatoms. The van der Waals surface area contributed by atoms with Gasteiger partial charge in [0.05, 0.1) is 5.52 Å². The maximum absolute atomic E-state index is 12.8. The molecule has 1 amide bonds. The average Bonchev–Trinajstić information content (AvgIpc) is 3.19. The van der Waals surface area contributed by atoms with Gasteiger partial charge in [0.2, 0.25) is 5.91 Å². The molecule has 1 aromatic carbocycles. The summed E-state index contributed by atoms with van der Waals surface area (Å²) in [7, 11) is 0. The second-order valence-corrected chi connectivity index (χ2v) is 6.50. The van der Waals surface area contributed by atoms with E-state index in [1.54, 1.807) is 40.9 Å². The van der Waals surface area contributed by atoms with Crippen LogP contribution in [0.5, 0.6) is 0 Å². The van der Waals surface area contributed by atoms with Crippen molar-refractivity contribution >= 4 is 34.1 Å². The van der Waals surface area contributed by atoms with E-state index in [0.29, 0.717) is 22.4 Å². The topological polar surface area (TPSA) is 85.5 Å². The normalized spacial score (nSPS) is 11.0. The van der Waals surface area contributed by atoms with Gasteiger partial charge in [-0.2, -0.15) is 0 Å². The van der Waals surface area contributed by atoms with Gasteiger partial charge in [-0.05, 0) is 55.5 Å². The fourth-order valence-corrected chi connectivity index (χ4v) is 3.22. The van der Waals surface area contributed by atoms with E-state index in [0.717, 1.165) is 5.52 Å². The second kappa shape index (κ2) is 7.11. The Labute approximate surface area is 160 Å². The highest BCUT2D eigenvalue weighted by Crippen LogP contribution is 2.14. The number of aromatic nitrogens is 3. The minimum absolute atomic E-state index is 0.0302. The van der Waals surface area contributed by atoms with Gasteiger partial charge in [0.1, 0.15) is 5.52 Å². The molecule has 0 aliphatic carbocycles. The quantitative estimate of drug-likeness (QED) is 0.544. The van der Waals surface area contributed by atoms with Crippen molar-refractivity contribution in [2.75, 3.05) is 5.32 Å². The van der Waals surface area contributed by atoms with Crippen LogP contribution in [0.3, 0.4) is 0 Å². The summed E-state index contributed by atoms with van der Waals surface area (Å²) in [6, 6.07) is 14.0. The molecule has 4 aromatic rings. The third-order valence-corrected chi connectivity index (χ3v) is 4.63. The van der Waals surface area contributed by atoms with Crippen LogP contribution in [-0.4, -0.2) is 25.6 Å². The molecule has 0 spiro atoms. The number of carbonyl (C=O) groups excluding carboxylic acids is 2. The highest BCUT2D eigenvalue weighted by molar-refractivity contribution is 5.95. The van der Waals surface area contributed by atoms with Gasteiger partial charge in [-0.1, -0.05) is 0 Å². The molecule has 28 heavy (non-hydrogen) atoms. The number of benzene rings is 1. The number of Topliss-reactive ketones (excluding diaryl/α,β-unsaturated/α-hetero) is 1. The molecule has 4 rings (SSSR count). The second-order valence-electron chi connectivity index (χ2n) is 6.50. The summed E-state index contributed by atoms with van der Waals surface area (Å²) in [5, 5.41) is 2.79. The number of hydrogen-bond donors (Lipinski definition) is 1. The third-order valence-electron chi connectivity index (χ3n) is 4.63. The van der Waals surface area contributed by atoms with Crippen molar-refractivity contribution in [3.05, 3.63) is 76.8 Å². The van der Waals surface area contributed by atoms with E-state index in [2.05, 4.69) is 10.3 Å². The molecule has 0 bridgehead atoms. The first-order chi connectivity index (χ1) is 13.5. The summed E-state index contributed by atoms with van der Waals surface area (Å²) in [4.78, 5) is 40.8. The summed E-state index contributed by atoms with van der Waals surface area (Å²) >= 11 is 0. The number of carbonyl (C=O) groups is 2. The lowest BCUT2D eigenvalue weighted by Crippen LogP contribution is -2.25. The highest BCUT2D eigenvalue weighted by Gasteiger charge is 2.12. The Kier molecular flexibility index (Phi) is 4.49. The van der Waals surface area contributed by atoms with Gasteiger partial charge in [0.25, 0.3) is 5.56 Å². The van der Waals surface area contributed by atoms with E-state index >= 15 is 0 Å². The summed E-state index contributed by atoms with van der Waals surface area (Å²) in [6.45, 7) is 1.71. The van der Waals surface area contributed by atoms with Crippen LogP contribution in [0.2, 0.25) is 0 Å². The van der Waals surface area contributed by atoms with E-state index in [-0.39, 0.29) is 30.2 Å². The number of pyridine rings is 1. The first kappa shape index (κ1) is 17.7. The van der Waals surface area contributed by atoms with Gasteiger partial charge in [0, 0.05) is 36.6 Å². The van der Waals surface area contributed by atoms with Crippen LogP contribution in [0.15, 0.2) is 65.7 Å². The van der Waals surface area contributed by atoms with Crippen molar-refractivity contribution in [2.45, 2.75) is 19.9 Å².